The van der Waals surface area contributed by atoms with Crippen molar-refractivity contribution in [2.45, 2.75) is 49.5 Å². The molecule has 0 radical (unpaired) electrons. The predicted molar refractivity (Wildman–Crippen MR) is 131 cm³/mol. The molecule has 1 N–H and O–H groups in total. The Bertz CT molecular complexity index is 1160. The molecule has 5 rings (SSSR count). The maximum absolute atomic E-state index is 13.4. The molecular formula is C26H31N3O5S. The van der Waals surface area contributed by atoms with Gasteiger partial charge in [-0.15, -0.1) is 4.31 Å². The van der Waals surface area contributed by atoms with Crippen LogP contribution >= 0.6 is 0 Å². The number of ether oxygens (including phenoxy) is 1. The highest BCUT2D eigenvalue weighted by Gasteiger charge is 2.44. The fourth-order valence-electron chi connectivity index (χ4n) is 5.31. The summed E-state index contributed by atoms with van der Waals surface area (Å²) >= 11 is 0. The van der Waals surface area contributed by atoms with Gasteiger partial charge in [0.2, 0.25) is 11.8 Å². The Morgan fingerprint density at radius 1 is 1.11 bits per heavy atom. The molecule has 2 unspecified atom stereocenters. The lowest BCUT2D eigenvalue weighted by Gasteiger charge is -2.42. The maximum atomic E-state index is 13.4. The van der Waals surface area contributed by atoms with Gasteiger partial charge >= 0.3 is 0 Å². The summed E-state index contributed by atoms with van der Waals surface area (Å²) in [6.07, 6.45) is 2.68. The van der Waals surface area contributed by atoms with E-state index in [2.05, 4.69) is 5.32 Å². The Kier molecular flexibility index (Phi) is 6.41. The molecule has 3 aliphatic rings. The number of carbonyl (C=O) groups is 2. The number of nitrogens with one attached hydrogen (secondary N) is 1. The number of hydrogen-bond acceptors (Lipinski definition) is 5. The van der Waals surface area contributed by atoms with Crippen LogP contribution in [0.15, 0.2) is 53.4 Å². The largest absolute Gasteiger partial charge is 0.593 e. The van der Waals surface area contributed by atoms with Crippen LogP contribution in [0.4, 0.5) is 5.69 Å². The molecule has 2 amide bonds. The van der Waals surface area contributed by atoms with E-state index in [1.54, 1.807) is 24.3 Å². The topological polar surface area (TPSA) is 102 Å². The van der Waals surface area contributed by atoms with E-state index in [0.717, 1.165) is 5.56 Å². The number of carbonyl (C=O) groups excluding carboxylic acids is 2. The minimum Gasteiger partial charge on any atom is -0.593 e. The molecule has 8 nitrogen and oxygen atoms in total. The lowest BCUT2D eigenvalue weighted by Crippen LogP contribution is -2.54. The van der Waals surface area contributed by atoms with Gasteiger partial charge in [0.05, 0.1) is 24.6 Å². The molecule has 0 bridgehead atoms. The zero-order valence-electron chi connectivity index (χ0n) is 19.9. The first-order chi connectivity index (χ1) is 16.8. The summed E-state index contributed by atoms with van der Waals surface area (Å²) in [4.78, 5) is 28.0. The van der Waals surface area contributed by atoms with E-state index in [-0.39, 0.29) is 35.6 Å². The summed E-state index contributed by atoms with van der Waals surface area (Å²) in [5, 5.41) is 2.91. The number of benzene rings is 2. The number of anilines is 1. The quantitative estimate of drug-likeness (QED) is 0.655. The summed E-state index contributed by atoms with van der Waals surface area (Å²) < 4.78 is 34.1. The van der Waals surface area contributed by atoms with E-state index in [1.165, 1.54) is 4.31 Å². The Hall–Kier alpha value is -2.75. The van der Waals surface area contributed by atoms with E-state index < -0.39 is 16.0 Å². The van der Waals surface area contributed by atoms with Crippen LogP contribution in [-0.4, -0.2) is 57.4 Å². The second-order valence-corrected chi connectivity index (χ2v) is 11.8. The van der Waals surface area contributed by atoms with Gasteiger partial charge in [-0.1, -0.05) is 34.0 Å². The molecule has 2 aromatic rings. The lowest BCUT2D eigenvalue weighted by molar-refractivity contribution is -0.140. The van der Waals surface area contributed by atoms with Crippen LogP contribution in [0.2, 0.25) is 0 Å². The second kappa shape index (κ2) is 9.37. The number of sulfonamides is 1. The molecule has 0 aromatic heterocycles. The first-order valence-corrected chi connectivity index (χ1v) is 13.6. The average Bonchev–Trinajstić information content (AvgIpc) is 2.99. The lowest BCUT2D eigenvalue weighted by atomic mass is 9.86. The molecule has 9 heteroatoms. The van der Waals surface area contributed by atoms with Crippen molar-refractivity contribution in [2.75, 3.05) is 31.5 Å². The van der Waals surface area contributed by atoms with Crippen molar-refractivity contribution in [3.8, 4) is 5.75 Å². The predicted octanol–water partition coefficient (Wildman–Crippen LogP) is 3.39. The van der Waals surface area contributed by atoms with Crippen LogP contribution in [0.1, 0.15) is 37.7 Å². The summed E-state index contributed by atoms with van der Waals surface area (Å²) in [6.45, 7) is 3.50. The molecule has 2 aromatic carbocycles. The third kappa shape index (κ3) is 4.85. The number of fused-ring (bicyclic) bond motifs is 1. The van der Waals surface area contributed by atoms with E-state index in [1.807, 2.05) is 36.1 Å². The highest BCUT2D eigenvalue weighted by Crippen LogP contribution is 2.39. The molecule has 3 aliphatic heterocycles. The maximum Gasteiger partial charge on any atom is 0.228 e. The monoisotopic (exact) mass is 497 g/mol. The zero-order valence-corrected chi connectivity index (χ0v) is 20.7. The summed E-state index contributed by atoms with van der Waals surface area (Å²) in [7, 11) is -3.64. The minimum atomic E-state index is -3.64. The fraction of sp³-hybridized carbons (Fsp3) is 0.462. The molecular weight excluding hydrogens is 466 g/mol. The van der Waals surface area contributed by atoms with Gasteiger partial charge in [-0.25, -0.2) is 0 Å². The molecule has 3 heterocycles. The van der Waals surface area contributed by atoms with Crippen molar-refractivity contribution in [3.63, 3.8) is 0 Å². The van der Waals surface area contributed by atoms with Gasteiger partial charge in [0.15, 0.2) is 15.3 Å². The Balaban J connectivity index is 1.24. The smallest absolute Gasteiger partial charge is 0.228 e. The molecule has 0 saturated carbocycles. The molecule has 186 valence electrons. The normalized spacial score (nSPS) is 24.0. The first-order valence-electron chi connectivity index (χ1n) is 12.2. The van der Waals surface area contributed by atoms with Gasteiger partial charge in [-0.2, -0.15) is 0 Å². The van der Waals surface area contributed by atoms with E-state index in [0.29, 0.717) is 56.8 Å². The second-order valence-electron chi connectivity index (χ2n) is 9.85. The number of likely N-dealkylation sites (tertiary alicyclic amines) is 1. The molecule has 2 atom stereocenters. The van der Waals surface area contributed by atoms with Gasteiger partial charge in [0.1, 0.15) is 11.4 Å². The number of piperidine rings is 2. The average molecular weight is 498 g/mol. The summed E-state index contributed by atoms with van der Waals surface area (Å²) in [5.74, 6) is 0.195. The van der Waals surface area contributed by atoms with E-state index in [9.17, 15) is 18.4 Å². The highest BCUT2D eigenvalue weighted by molar-refractivity contribution is 7.95. The van der Waals surface area contributed by atoms with Crippen LogP contribution in [0.3, 0.4) is 0 Å². The van der Waals surface area contributed by atoms with Gasteiger partial charge in [0, 0.05) is 32.5 Å². The highest BCUT2D eigenvalue weighted by atomic mass is 32.3. The van der Waals surface area contributed by atoms with Crippen molar-refractivity contribution < 1.29 is 23.1 Å². The Morgan fingerprint density at radius 2 is 1.83 bits per heavy atom. The van der Waals surface area contributed by atoms with Crippen LogP contribution in [0, 0.1) is 12.8 Å². The van der Waals surface area contributed by atoms with E-state index >= 15 is 0 Å². The van der Waals surface area contributed by atoms with E-state index in [4.69, 9.17) is 4.74 Å². The number of hydrogen-bond donors (Lipinski definition) is 1. The zero-order chi connectivity index (χ0) is 24.6. The first kappa shape index (κ1) is 24.0. The van der Waals surface area contributed by atoms with Gasteiger partial charge in [-0.05, 0) is 44.0 Å². The van der Waals surface area contributed by atoms with Crippen molar-refractivity contribution >= 4 is 27.9 Å². The van der Waals surface area contributed by atoms with Crippen molar-refractivity contribution in [1.82, 2.24) is 9.21 Å². The molecule has 1 spiro atoms. The molecule has 35 heavy (non-hydrogen) atoms. The summed E-state index contributed by atoms with van der Waals surface area (Å²) in [6, 6.07) is 14.2. The minimum absolute atomic E-state index is 0.0119. The standard InChI is InChI=1S/C26H31N3O5S/c1-19-8-10-21(11-9-19)35(32,33)29-14-4-5-20(18-29)25(31)28-15-12-26(13-16-28)17-24(30)27-22-6-2-3-7-23(22)34-26/h2-3,6-11,20H,4-5,12-18H2,1H3,(H-,27,30,32,33). The number of amides is 2. The third-order valence-electron chi connectivity index (χ3n) is 7.35. The Labute approximate surface area is 207 Å². The van der Waals surface area contributed by atoms with Gasteiger partial charge in [0.25, 0.3) is 0 Å². The van der Waals surface area contributed by atoms with Crippen LogP contribution in [-0.2, 0) is 24.2 Å². The third-order valence-corrected chi connectivity index (χ3v) is 9.23. The molecule has 2 saturated heterocycles. The number of rotatable bonds is 3. The van der Waals surface area contributed by atoms with Gasteiger partial charge < -0.3 is 19.5 Å². The number of para-hydroxylation sites is 2. The van der Waals surface area contributed by atoms with Crippen LogP contribution in [0.5, 0.6) is 5.75 Å². The SMILES string of the molecule is Cc1ccc([S+](=O)([O-])N2CCCC(C(=O)N3CCC4(CC3)CC(=O)Nc3ccccc3O4)C2)cc1. The van der Waals surface area contributed by atoms with Gasteiger partial charge in [-0.3, -0.25) is 9.59 Å². The number of nitrogens with zero attached hydrogens (tertiary/aromatic N) is 2. The summed E-state index contributed by atoms with van der Waals surface area (Å²) in [5.41, 5.74) is 1.03. The van der Waals surface area contributed by atoms with Crippen molar-refractivity contribution in [2.24, 2.45) is 5.92 Å². The number of aryl methyl sites for hydroxylation is 1. The van der Waals surface area contributed by atoms with Crippen LogP contribution < -0.4 is 10.1 Å². The van der Waals surface area contributed by atoms with Crippen molar-refractivity contribution in [3.05, 3.63) is 54.1 Å². The van der Waals surface area contributed by atoms with Crippen LogP contribution in [0.25, 0.3) is 0 Å². The molecule has 2 fully saturated rings. The molecule has 0 aliphatic carbocycles. The van der Waals surface area contributed by atoms with Crippen molar-refractivity contribution in [1.29, 1.82) is 0 Å². The Morgan fingerprint density at radius 3 is 2.57 bits per heavy atom. The fourth-order valence-corrected chi connectivity index (χ4v) is 6.83.